The van der Waals surface area contributed by atoms with Gasteiger partial charge in [0.2, 0.25) is 0 Å². The fourth-order valence-corrected chi connectivity index (χ4v) is 2.81. The summed E-state index contributed by atoms with van der Waals surface area (Å²) in [6.07, 6.45) is 0.711. The monoisotopic (exact) mass is 300 g/mol. The van der Waals surface area contributed by atoms with Crippen molar-refractivity contribution in [3.05, 3.63) is 57.5 Å². The van der Waals surface area contributed by atoms with Crippen LogP contribution in [0.4, 0.5) is 0 Å². The molecule has 0 spiro atoms. The van der Waals surface area contributed by atoms with E-state index in [1.54, 1.807) is 4.68 Å². The summed E-state index contributed by atoms with van der Waals surface area (Å²) in [6.45, 7) is 9.42. The van der Waals surface area contributed by atoms with Crippen LogP contribution in [0.5, 0.6) is 0 Å². The molecule has 2 aromatic rings. The highest BCUT2D eigenvalue weighted by molar-refractivity contribution is 5.95. The van der Waals surface area contributed by atoms with Crippen molar-refractivity contribution in [1.29, 1.82) is 0 Å². The summed E-state index contributed by atoms with van der Waals surface area (Å²) in [5.74, 6) is -0.0837. The molecule has 22 heavy (non-hydrogen) atoms. The van der Waals surface area contributed by atoms with Crippen molar-refractivity contribution in [3.8, 4) is 0 Å². The maximum atomic E-state index is 12.7. The maximum absolute atomic E-state index is 12.7. The summed E-state index contributed by atoms with van der Waals surface area (Å²) in [6, 6.07) is 10.0. The standard InChI is InChI=1S/C18H24N2O2/c1-12(2)16-15(13(3)21)17(22)20(19-16)18(4,5)11-14-9-7-6-8-10-14/h6-10,12,19H,11H2,1-5H3. The van der Waals surface area contributed by atoms with Crippen LogP contribution in [0.2, 0.25) is 0 Å². The molecule has 0 saturated carbocycles. The summed E-state index contributed by atoms with van der Waals surface area (Å²) in [5, 5.41) is 3.17. The summed E-state index contributed by atoms with van der Waals surface area (Å²) >= 11 is 0. The predicted octanol–water partition coefficient (Wildman–Crippen LogP) is 3.48. The van der Waals surface area contributed by atoms with E-state index in [1.807, 2.05) is 58.0 Å². The Labute approximate surface area is 131 Å². The van der Waals surface area contributed by atoms with Crippen LogP contribution in [0.15, 0.2) is 35.1 Å². The topological polar surface area (TPSA) is 54.9 Å². The molecule has 0 saturated heterocycles. The average molecular weight is 300 g/mol. The minimum absolute atomic E-state index is 0.0976. The van der Waals surface area contributed by atoms with Gasteiger partial charge in [-0.05, 0) is 38.7 Å². The minimum atomic E-state index is -0.435. The highest BCUT2D eigenvalue weighted by Crippen LogP contribution is 2.22. The molecule has 1 N–H and O–H groups in total. The Kier molecular flexibility index (Phi) is 4.40. The van der Waals surface area contributed by atoms with Crippen LogP contribution in [-0.4, -0.2) is 15.6 Å². The lowest BCUT2D eigenvalue weighted by atomic mass is 9.95. The van der Waals surface area contributed by atoms with Gasteiger partial charge in [0.05, 0.1) is 11.2 Å². The van der Waals surface area contributed by atoms with Crippen LogP contribution in [-0.2, 0) is 12.0 Å². The molecule has 0 radical (unpaired) electrons. The fraction of sp³-hybridized carbons (Fsp3) is 0.444. The highest BCUT2D eigenvalue weighted by atomic mass is 16.2. The van der Waals surface area contributed by atoms with Gasteiger partial charge < -0.3 is 0 Å². The number of Topliss-reactive ketones (excluding diaryl/α,β-unsaturated/α-hetero) is 1. The van der Waals surface area contributed by atoms with Crippen molar-refractivity contribution in [1.82, 2.24) is 9.78 Å². The lowest BCUT2D eigenvalue weighted by Crippen LogP contribution is -2.38. The molecular formula is C18H24N2O2. The lowest BCUT2D eigenvalue weighted by Gasteiger charge is -2.26. The molecule has 1 aromatic heterocycles. The van der Waals surface area contributed by atoms with Gasteiger partial charge in [0.25, 0.3) is 5.56 Å². The quantitative estimate of drug-likeness (QED) is 0.859. The number of hydrogen-bond donors (Lipinski definition) is 1. The number of benzene rings is 1. The van der Waals surface area contributed by atoms with Gasteiger partial charge in [-0.15, -0.1) is 0 Å². The van der Waals surface area contributed by atoms with E-state index in [9.17, 15) is 9.59 Å². The third-order valence-electron chi connectivity index (χ3n) is 3.93. The van der Waals surface area contributed by atoms with Crippen LogP contribution < -0.4 is 5.56 Å². The van der Waals surface area contributed by atoms with Crippen LogP contribution in [0.3, 0.4) is 0 Å². The summed E-state index contributed by atoms with van der Waals surface area (Å²) in [5.41, 5.74) is 1.51. The van der Waals surface area contributed by atoms with Gasteiger partial charge in [-0.3, -0.25) is 14.7 Å². The first-order valence-electron chi connectivity index (χ1n) is 7.64. The molecule has 0 unspecified atom stereocenters. The van der Waals surface area contributed by atoms with Crippen LogP contribution in [0.1, 0.15) is 62.2 Å². The third-order valence-corrected chi connectivity index (χ3v) is 3.93. The van der Waals surface area contributed by atoms with Crippen LogP contribution in [0, 0.1) is 0 Å². The first-order chi connectivity index (χ1) is 10.2. The zero-order valence-corrected chi connectivity index (χ0v) is 13.9. The van der Waals surface area contributed by atoms with E-state index in [-0.39, 0.29) is 22.8 Å². The molecule has 2 rings (SSSR count). The third kappa shape index (κ3) is 3.06. The Morgan fingerprint density at radius 1 is 1.23 bits per heavy atom. The molecule has 4 nitrogen and oxygen atoms in total. The van der Waals surface area contributed by atoms with Gasteiger partial charge in [-0.2, -0.15) is 0 Å². The van der Waals surface area contributed by atoms with Gasteiger partial charge in [0, 0.05) is 0 Å². The maximum Gasteiger partial charge on any atom is 0.278 e. The number of carbonyl (C=O) groups is 1. The molecule has 1 aromatic carbocycles. The van der Waals surface area contributed by atoms with E-state index < -0.39 is 5.54 Å². The van der Waals surface area contributed by atoms with Crippen molar-refractivity contribution < 1.29 is 4.79 Å². The lowest BCUT2D eigenvalue weighted by molar-refractivity contribution is 0.101. The van der Waals surface area contributed by atoms with E-state index >= 15 is 0 Å². The van der Waals surface area contributed by atoms with Gasteiger partial charge >= 0.3 is 0 Å². The van der Waals surface area contributed by atoms with Crippen LogP contribution >= 0.6 is 0 Å². The molecule has 0 fully saturated rings. The van der Waals surface area contributed by atoms with E-state index in [0.717, 1.165) is 11.3 Å². The van der Waals surface area contributed by atoms with Gasteiger partial charge in [-0.1, -0.05) is 44.2 Å². The number of aromatic nitrogens is 2. The van der Waals surface area contributed by atoms with E-state index in [4.69, 9.17) is 0 Å². The second kappa shape index (κ2) is 5.95. The van der Waals surface area contributed by atoms with E-state index in [2.05, 4.69) is 5.10 Å². The van der Waals surface area contributed by atoms with Crippen molar-refractivity contribution in [3.63, 3.8) is 0 Å². The number of ketones is 1. The van der Waals surface area contributed by atoms with Gasteiger partial charge in [0.1, 0.15) is 5.56 Å². The molecule has 0 atom stereocenters. The fourth-order valence-electron chi connectivity index (χ4n) is 2.81. The largest absolute Gasteiger partial charge is 0.298 e. The Bertz CT molecular complexity index is 721. The molecule has 118 valence electrons. The number of rotatable bonds is 5. The molecule has 0 amide bonds. The number of nitrogens with one attached hydrogen (secondary N) is 1. The molecule has 0 bridgehead atoms. The van der Waals surface area contributed by atoms with Crippen molar-refractivity contribution in [2.45, 2.75) is 52.5 Å². The normalized spacial score (nSPS) is 11.9. The Morgan fingerprint density at radius 2 is 1.82 bits per heavy atom. The average Bonchev–Trinajstić information content (AvgIpc) is 2.78. The predicted molar refractivity (Wildman–Crippen MR) is 88.6 cm³/mol. The first kappa shape index (κ1) is 16.3. The molecular weight excluding hydrogens is 276 g/mol. The second-order valence-corrected chi connectivity index (χ2v) is 6.73. The zero-order chi connectivity index (χ0) is 16.5. The summed E-state index contributed by atoms with van der Waals surface area (Å²) < 4.78 is 1.60. The molecule has 0 aliphatic heterocycles. The van der Waals surface area contributed by atoms with E-state index in [1.165, 1.54) is 6.92 Å². The molecule has 0 aliphatic carbocycles. The second-order valence-electron chi connectivity index (χ2n) is 6.73. The SMILES string of the molecule is CC(=O)c1c(C(C)C)[nH]n(C(C)(C)Cc2ccccc2)c1=O. The smallest absolute Gasteiger partial charge is 0.278 e. The number of aromatic amines is 1. The Balaban J connectivity index is 2.50. The molecule has 0 aliphatic rings. The number of carbonyl (C=O) groups excluding carboxylic acids is 1. The number of H-pyrrole nitrogens is 1. The van der Waals surface area contributed by atoms with E-state index in [0.29, 0.717) is 6.42 Å². The summed E-state index contributed by atoms with van der Waals surface area (Å²) in [4.78, 5) is 24.5. The van der Waals surface area contributed by atoms with Gasteiger partial charge in [-0.25, -0.2) is 4.68 Å². The van der Waals surface area contributed by atoms with Crippen molar-refractivity contribution in [2.24, 2.45) is 0 Å². The Morgan fingerprint density at radius 3 is 2.27 bits per heavy atom. The number of nitrogens with zero attached hydrogens (tertiary/aromatic N) is 1. The van der Waals surface area contributed by atoms with Crippen molar-refractivity contribution >= 4 is 5.78 Å². The number of hydrogen-bond acceptors (Lipinski definition) is 2. The van der Waals surface area contributed by atoms with Crippen LogP contribution in [0.25, 0.3) is 0 Å². The van der Waals surface area contributed by atoms with Crippen molar-refractivity contribution in [2.75, 3.05) is 0 Å². The summed E-state index contributed by atoms with van der Waals surface area (Å²) in [7, 11) is 0. The minimum Gasteiger partial charge on any atom is -0.298 e. The molecule has 4 heteroatoms. The van der Waals surface area contributed by atoms with Gasteiger partial charge in [0.15, 0.2) is 5.78 Å². The Hall–Kier alpha value is -2.10. The highest BCUT2D eigenvalue weighted by Gasteiger charge is 2.28. The zero-order valence-electron chi connectivity index (χ0n) is 13.9. The first-order valence-corrected chi connectivity index (χ1v) is 7.64. The molecule has 1 heterocycles.